The van der Waals surface area contributed by atoms with Crippen molar-refractivity contribution >= 4 is 11.9 Å². The number of hydrogen-bond donors (Lipinski definition) is 0. The number of ether oxygens (including phenoxy) is 2. The lowest BCUT2D eigenvalue weighted by molar-refractivity contribution is -0.144. The Morgan fingerprint density at radius 3 is 1.35 bits per heavy atom. The second-order valence-electron chi connectivity index (χ2n) is 6.12. The van der Waals surface area contributed by atoms with Crippen LogP contribution in [0.3, 0.4) is 0 Å². The second kappa shape index (κ2) is 17.3. The lowest BCUT2D eigenvalue weighted by atomic mass is 10.1. The number of rotatable bonds is 16. The van der Waals surface area contributed by atoms with E-state index in [0.717, 1.165) is 44.9 Å². The summed E-state index contributed by atoms with van der Waals surface area (Å²) < 4.78 is 10.4. The Morgan fingerprint density at radius 2 is 0.957 bits per heavy atom. The van der Waals surface area contributed by atoms with Crippen LogP contribution in [0.15, 0.2) is 0 Å². The van der Waals surface area contributed by atoms with Gasteiger partial charge in [0.25, 0.3) is 0 Å². The zero-order valence-corrected chi connectivity index (χ0v) is 15.2. The summed E-state index contributed by atoms with van der Waals surface area (Å²) in [6.07, 6.45) is 12.5. The van der Waals surface area contributed by atoms with E-state index in [4.69, 9.17) is 9.47 Å². The van der Waals surface area contributed by atoms with Gasteiger partial charge in [0, 0.05) is 12.8 Å². The maximum Gasteiger partial charge on any atom is 0.305 e. The van der Waals surface area contributed by atoms with E-state index in [2.05, 4.69) is 13.8 Å². The molecule has 0 aliphatic carbocycles. The largest absolute Gasteiger partial charge is 0.466 e. The molecular weight excluding hydrogens is 292 g/mol. The van der Waals surface area contributed by atoms with Crippen LogP contribution in [0.5, 0.6) is 0 Å². The van der Waals surface area contributed by atoms with Gasteiger partial charge in [-0.2, -0.15) is 0 Å². The van der Waals surface area contributed by atoms with Crippen LogP contribution in [0.1, 0.15) is 97.3 Å². The molecular formula is C19H36O4. The summed E-state index contributed by atoms with van der Waals surface area (Å²) in [5, 5.41) is 0. The average Bonchev–Trinajstić information content (AvgIpc) is 2.54. The van der Waals surface area contributed by atoms with Crippen molar-refractivity contribution in [2.75, 3.05) is 13.2 Å². The average molecular weight is 328 g/mol. The summed E-state index contributed by atoms with van der Waals surface area (Å²) in [5.74, 6) is -0.167. The number of carbonyl (C=O) groups excluding carboxylic acids is 2. The Morgan fingerprint density at radius 1 is 0.565 bits per heavy atom. The van der Waals surface area contributed by atoms with Gasteiger partial charge in [-0.05, 0) is 32.1 Å². The fraction of sp³-hybridized carbons (Fsp3) is 0.895. The third-order valence-corrected chi connectivity index (χ3v) is 3.78. The van der Waals surface area contributed by atoms with Crippen molar-refractivity contribution in [2.24, 2.45) is 0 Å². The standard InChI is InChI=1S/C19H36O4/c1-3-5-7-10-14-18(20)22-16-12-9-13-17-23-19(21)15-11-8-6-4-2/h3-17H2,1-2H3. The van der Waals surface area contributed by atoms with Crippen LogP contribution >= 0.6 is 0 Å². The van der Waals surface area contributed by atoms with E-state index in [1.807, 2.05) is 0 Å². The van der Waals surface area contributed by atoms with Gasteiger partial charge in [0.2, 0.25) is 0 Å². The summed E-state index contributed by atoms with van der Waals surface area (Å²) in [6.45, 7) is 5.28. The lowest BCUT2D eigenvalue weighted by Crippen LogP contribution is -2.07. The van der Waals surface area contributed by atoms with Gasteiger partial charge in [-0.25, -0.2) is 0 Å². The molecule has 0 amide bonds. The zero-order chi connectivity index (χ0) is 17.2. The number of esters is 2. The Labute approximate surface area is 142 Å². The molecule has 23 heavy (non-hydrogen) atoms. The molecule has 0 heterocycles. The highest BCUT2D eigenvalue weighted by molar-refractivity contribution is 5.69. The predicted molar refractivity (Wildman–Crippen MR) is 93.3 cm³/mol. The second-order valence-corrected chi connectivity index (χ2v) is 6.12. The molecule has 0 saturated heterocycles. The molecule has 0 rings (SSSR count). The highest BCUT2D eigenvalue weighted by atomic mass is 16.5. The molecule has 4 nitrogen and oxygen atoms in total. The van der Waals surface area contributed by atoms with Crippen LogP contribution in [-0.2, 0) is 19.1 Å². The normalized spacial score (nSPS) is 10.5. The molecule has 4 heteroatoms. The van der Waals surface area contributed by atoms with Gasteiger partial charge in [-0.1, -0.05) is 52.4 Å². The van der Waals surface area contributed by atoms with Crippen LogP contribution in [-0.4, -0.2) is 25.2 Å². The molecule has 0 aromatic rings. The highest BCUT2D eigenvalue weighted by Gasteiger charge is 2.03. The quantitative estimate of drug-likeness (QED) is 0.289. The van der Waals surface area contributed by atoms with Crippen molar-refractivity contribution in [1.82, 2.24) is 0 Å². The summed E-state index contributed by atoms with van der Waals surface area (Å²) >= 11 is 0. The van der Waals surface area contributed by atoms with Gasteiger partial charge >= 0.3 is 11.9 Å². The maximum absolute atomic E-state index is 11.4. The monoisotopic (exact) mass is 328 g/mol. The first-order valence-electron chi connectivity index (χ1n) is 9.52. The van der Waals surface area contributed by atoms with Crippen molar-refractivity contribution in [3.05, 3.63) is 0 Å². The van der Waals surface area contributed by atoms with Crippen molar-refractivity contribution in [2.45, 2.75) is 97.3 Å². The third-order valence-electron chi connectivity index (χ3n) is 3.78. The molecule has 0 aromatic heterocycles. The van der Waals surface area contributed by atoms with Crippen molar-refractivity contribution < 1.29 is 19.1 Å². The summed E-state index contributed by atoms with van der Waals surface area (Å²) in [4.78, 5) is 22.9. The molecule has 0 aliphatic rings. The molecule has 0 saturated carbocycles. The molecule has 0 aliphatic heterocycles. The molecule has 0 unspecified atom stereocenters. The highest BCUT2D eigenvalue weighted by Crippen LogP contribution is 2.06. The van der Waals surface area contributed by atoms with Crippen LogP contribution in [0.4, 0.5) is 0 Å². The fourth-order valence-electron chi connectivity index (χ4n) is 2.29. The molecule has 0 radical (unpaired) electrons. The number of carbonyl (C=O) groups is 2. The molecule has 0 atom stereocenters. The molecule has 0 bridgehead atoms. The van der Waals surface area contributed by atoms with Gasteiger partial charge in [0.05, 0.1) is 13.2 Å². The van der Waals surface area contributed by atoms with Gasteiger partial charge in [0.15, 0.2) is 0 Å². The smallest absolute Gasteiger partial charge is 0.305 e. The van der Waals surface area contributed by atoms with Crippen molar-refractivity contribution in [1.29, 1.82) is 0 Å². The SMILES string of the molecule is CCCCCCC(=O)OCCCCCOC(=O)CCCCCC. The molecule has 0 aromatic carbocycles. The van der Waals surface area contributed by atoms with Gasteiger partial charge in [0.1, 0.15) is 0 Å². The fourth-order valence-corrected chi connectivity index (χ4v) is 2.29. The van der Waals surface area contributed by atoms with Gasteiger partial charge in [-0.3, -0.25) is 9.59 Å². The van der Waals surface area contributed by atoms with Crippen LogP contribution in [0, 0.1) is 0 Å². The Bertz CT molecular complexity index is 261. The minimum Gasteiger partial charge on any atom is -0.466 e. The predicted octanol–water partition coefficient (Wildman–Crippen LogP) is 5.18. The Balaban J connectivity index is 3.26. The van der Waals surface area contributed by atoms with E-state index in [1.54, 1.807) is 0 Å². The summed E-state index contributed by atoms with van der Waals surface area (Å²) in [7, 11) is 0. The first-order chi connectivity index (χ1) is 11.2. The molecule has 136 valence electrons. The number of unbranched alkanes of at least 4 members (excludes halogenated alkanes) is 8. The van der Waals surface area contributed by atoms with Gasteiger partial charge < -0.3 is 9.47 Å². The topological polar surface area (TPSA) is 52.6 Å². The van der Waals surface area contributed by atoms with Crippen molar-refractivity contribution in [3.8, 4) is 0 Å². The molecule has 0 spiro atoms. The maximum atomic E-state index is 11.4. The van der Waals surface area contributed by atoms with E-state index in [1.165, 1.54) is 25.7 Å². The lowest BCUT2D eigenvalue weighted by Gasteiger charge is -2.06. The molecule has 0 N–H and O–H groups in total. The van der Waals surface area contributed by atoms with Crippen LogP contribution < -0.4 is 0 Å². The minimum atomic E-state index is -0.0837. The van der Waals surface area contributed by atoms with E-state index in [-0.39, 0.29) is 11.9 Å². The summed E-state index contributed by atoms with van der Waals surface area (Å²) in [5.41, 5.74) is 0. The first-order valence-corrected chi connectivity index (χ1v) is 9.52. The van der Waals surface area contributed by atoms with Gasteiger partial charge in [-0.15, -0.1) is 0 Å². The van der Waals surface area contributed by atoms with E-state index in [9.17, 15) is 9.59 Å². The Kier molecular flexibility index (Phi) is 16.5. The minimum absolute atomic E-state index is 0.0837. The number of hydrogen-bond acceptors (Lipinski definition) is 4. The van der Waals surface area contributed by atoms with E-state index >= 15 is 0 Å². The van der Waals surface area contributed by atoms with Crippen molar-refractivity contribution in [3.63, 3.8) is 0 Å². The van der Waals surface area contributed by atoms with E-state index < -0.39 is 0 Å². The van der Waals surface area contributed by atoms with E-state index in [0.29, 0.717) is 26.1 Å². The Hall–Kier alpha value is -1.06. The van der Waals surface area contributed by atoms with Crippen LogP contribution in [0.2, 0.25) is 0 Å². The van der Waals surface area contributed by atoms with Crippen LogP contribution in [0.25, 0.3) is 0 Å². The first kappa shape index (κ1) is 21.9. The zero-order valence-electron chi connectivity index (χ0n) is 15.2. The molecule has 0 fully saturated rings. The third kappa shape index (κ3) is 17.1. The summed E-state index contributed by atoms with van der Waals surface area (Å²) in [6, 6.07) is 0.